The number of para-hydroxylation sites is 1. The fourth-order valence-corrected chi connectivity index (χ4v) is 2.92. The average molecular weight is 352 g/mol. The SMILES string of the molecule is CC(C)(C)N(NC(=O)C1CCc2ccccc2O1)C(=O)c1ccccc1. The van der Waals surface area contributed by atoms with E-state index >= 15 is 0 Å². The predicted molar refractivity (Wildman–Crippen MR) is 99.7 cm³/mol. The van der Waals surface area contributed by atoms with Gasteiger partial charge in [0, 0.05) is 5.56 Å². The molecule has 0 spiro atoms. The second-order valence-corrected chi connectivity index (χ2v) is 7.41. The van der Waals surface area contributed by atoms with E-state index in [1.54, 1.807) is 24.3 Å². The number of hydrazine groups is 1. The van der Waals surface area contributed by atoms with Crippen molar-refractivity contribution in [2.24, 2.45) is 0 Å². The zero-order chi connectivity index (χ0) is 18.7. The summed E-state index contributed by atoms with van der Waals surface area (Å²) >= 11 is 0. The average Bonchev–Trinajstić information content (AvgIpc) is 2.64. The lowest BCUT2D eigenvalue weighted by Gasteiger charge is -2.37. The molecule has 0 aliphatic carbocycles. The van der Waals surface area contributed by atoms with Crippen LogP contribution in [0, 0.1) is 0 Å². The number of ether oxygens (including phenoxy) is 1. The molecule has 5 nitrogen and oxygen atoms in total. The molecule has 2 aromatic carbocycles. The lowest BCUT2D eigenvalue weighted by molar-refractivity contribution is -0.134. The van der Waals surface area contributed by atoms with E-state index in [0.717, 1.165) is 17.7 Å². The standard InChI is InChI=1S/C21H24N2O3/c1-21(2,3)23(20(25)16-10-5-4-6-11-16)22-19(24)18-14-13-15-9-7-8-12-17(15)26-18/h4-12,18H,13-14H2,1-3H3,(H,22,24). The maximum Gasteiger partial charge on any atom is 0.279 e. The van der Waals surface area contributed by atoms with E-state index < -0.39 is 11.6 Å². The number of fused-ring (bicyclic) bond motifs is 1. The number of carbonyl (C=O) groups is 2. The molecule has 0 aromatic heterocycles. The molecule has 3 rings (SSSR count). The molecule has 5 heteroatoms. The van der Waals surface area contributed by atoms with E-state index in [-0.39, 0.29) is 11.8 Å². The second-order valence-electron chi connectivity index (χ2n) is 7.41. The number of hydrogen-bond donors (Lipinski definition) is 1. The smallest absolute Gasteiger partial charge is 0.279 e. The molecule has 1 N–H and O–H groups in total. The van der Waals surface area contributed by atoms with Crippen LogP contribution in [0.15, 0.2) is 54.6 Å². The van der Waals surface area contributed by atoms with Crippen molar-refractivity contribution in [1.82, 2.24) is 10.4 Å². The molecular formula is C21H24N2O3. The fourth-order valence-electron chi connectivity index (χ4n) is 2.92. The van der Waals surface area contributed by atoms with Crippen LogP contribution < -0.4 is 10.2 Å². The van der Waals surface area contributed by atoms with Crippen molar-refractivity contribution in [3.63, 3.8) is 0 Å². The maximum atomic E-state index is 12.9. The van der Waals surface area contributed by atoms with Crippen LogP contribution >= 0.6 is 0 Å². The van der Waals surface area contributed by atoms with Gasteiger partial charge in [0.05, 0.1) is 5.54 Å². The number of carbonyl (C=O) groups excluding carboxylic acids is 2. The first kappa shape index (κ1) is 18.0. The maximum absolute atomic E-state index is 12.9. The number of rotatable bonds is 2. The number of aryl methyl sites for hydroxylation is 1. The van der Waals surface area contributed by atoms with Gasteiger partial charge in [-0.1, -0.05) is 36.4 Å². The van der Waals surface area contributed by atoms with Crippen LogP contribution in [0.2, 0.25) is 0 Å². The van der Waals surface area contributed by atoms with Crippen LogP contribution in [0.3, 0.4) is 0 Å². The van der Waals surface area contributed by atoms with E-state index in [1.165, 1.54) is 5.01 Å². The zero-order valence-corrected chi connectivity index (χ0v) is 15.4. The second kappa shape index (κ2) is 7.20. The van der Waals surface area contributed by atoms with Gasteiger partial charge in [-0.25, -0.2) is 5.01 Å². The van der Waals surface area contributed by atoms with Crippen LogP contribution in [0.1, 0.15) is 43.1 Å². The summed E-state index contributed by atoms with van der Waals surface area (Å²) in [5.41, 5.74) is 3.83. The van der Waals surface area contributed by atoms with E-state index in [9.17, 15) is 9.59 Å². The summed E-state index contributed by atoms with van der Waals surface area (Å²) in [4.78, 5) is 25.6. The van der Waals surface area contributed by atoms with Crippen molar-refractivity contribution < 1.29 is 14.3 Å². The van der Waals surface area contributed by atoms with Crippen LogP contribution in [0.5, 0.6) is 5.75 Å². The molecule has 0 bridgehead atoms. The van der Waals surface area contributed by atoms with Gasteiger partial charge in [0.15, 0.2) is 6.10 Å². The zero-order valence-electron chi connectivity index (χ0n) is 15.4. The third-order valence-corrected chi connectivity index (χ3v) is 4.33. The van der Waals surface area contributed by atoms with Crippen molar-refractivity contribution in [2.45, 2.75) is 45.3 Å². The molecule has 1 aliphatic rings. The van der Waals surface area contributed by atoms with Crippen molar-refractivity contribution in [2.75, 3.05) is 0 Å². The van der Waals surface area contributed by atoms with Crippen molar-refractivity contribution in [3.05, 3.63) is 65.7 Å². The Kier molecular flexibility index (Phi) is 4.98. The Bertz CT molecular complexity index is 796. The van der Waals surface area contributed by atoms with Gasteiger partial charge in [0.1, 0.15) is 5.75 Å². The fraction of sp³-hybridized carbons (Fsp3) is 0.333. The highest BCUT2D eigenvalue weighted by molar-refractivity contribution is 5.96. The summed E-state index contributed by atoms with van der Waals surface area (Å²) in [7, 11) is 0. The third-order valence-electron chi connectivity index (χ3n) is 4.33. The Balaban J connectivity index is 1.75. The minimum absolute atomic E-state index is 0.248. The minimum atomic E-state index is -0.613. The molecule has 1 unspecified atom stereocenters. The number of benzene rings is 2. The van der Waals surface area contributed by atoms with E-state index in [4.69, 9.17) is 4.74 Å². The molecule has 0 saturated heterocycles. The number of amides is 2. The molecule has 26 heavy (non-hydrogen) atoms. The monoisotopic (exact) mass is 352 g/mol. The Labute approximate surface area is 153 Å². The topological polar surface area (TPSA) is 58.6 Å². The molecule has 2 aromatic rings. The Morgan fingerprint density at radius 3 is 2.38 bits per heavy atom. The summed E-state index contributed by atoms with van der Waals surface area (Å²) < 4.78 is 5.84. The Morgan fingerprint density at radius 1 is 1.04 bits per heavy atom. The van der Waals surface area contributed by atoms with Crippen LogP contribution in [0.4, 0.5) is 0 Å². The van der Waals surface area contributed by atoms with E-state index in [0.29, 0.717) is 12.0 Å². The highest BCUT2D eigenvalue weighted by atomic mass is 16.5. The summed E-state index contributed by atoms with van der Waals surface area (Å²) in [6.45, 7) is 5.64. The van der Waals surface area contributed by atoms with Crippen molar-refractivity contribution >= 4 is 11.8 Å². The molecule has 1 aliphatic heterocycles. The van der Waals surface area contributed by atoms with Gasteiger partial charge in [0.2, 0.25) is 0 Å². The lowest BCUT2D eigenvalue weighted by atomic mass is 10.0. The predicted octanol–water partition coefficient (Wildman–Crippen LogP) is 3.35. The number of nitrogens with one attached hydrogen (secondary N) is 1. The summed E-state index contributed by atoms with van der Waals surface area (Å²) in [6.07, 6.45) is 0.745. The highest BCUT2D eigenvalue weighted by Gasteiger charge is 2.33. The van der Waals surface area contributed by atoms with E-state index in [2.05, 4.69) is 5.43 Å². The molecule has 0 fully saturated rings. The molecule has 1 heterocycles. The van der Waals surface area contributed by atoms with Crippen molar-refractivity contribution in [3.8, 4) is 5.75 Å². The molecule has 0 radical (unpaired) electrons. The van der Waals surface area contributed by atoms with Gasteiger partial charge in [-0.2, -0.15) is 0 Å². The van der Waals surface area contributed by atoms with Gasteiger partial charge in [-0.15, -0.1) is 0 Å². The van der Waals surface area contributed by atoms with Gasteiger partial charge in [-0.3, -0.25) is 15.0 Å². The van der Waals surface area contributed by atoms with Gasteiger partial charge < -0.3 is 4.74 Å². The summed E-state index contributed by atoms with van der Waals surface area (Å²) in [6, 6.07) is 16.6. The van der Waals surface area contributed by atoms with Gasteiger partial charge in [0.25, 0.3) is 11.8 Å². The molecule has 1 atom stereocenters. The number of nitrogens with zero attached hydrogens (tertiary/aromatic N) is 1. The van der Waals surface area contributed by atoms with Crippen LogP contribution in [0.25, 0.3) is 0 Å². The summed E-state index contributed by atoms with van der Waals surface area (Å²) in [5.74, 6) is 0.178. The Morgan fingerprint density at radius 2 is 1.69 bits per heavy atom. The summed E-state index contributed by atoms with van der Waals surface area (Å²) in [5, 5.41) is 1.38. The third kappa shape index (κ3) is 3.87. The molecule has 0 saturated carbocycles. The first-order valence-corrected chi connectivity index (χ1v) is 8.81. The molecular weight excluding hydrogens is 328 g/mol. The first-order chi connectivity index (χ1) is 12.4. The van der Waals surface area contributed by atoms with E-state index in [1.807, 2.05) is 51.1 Å². The number of hydrogen-bond acceptors (Lipinski definition) is 3. The largest absolute Gasteiger partial charge is 0.480 e. The normalized spacial score (nSPS) is 16.2. The van der Waals surface area contributed by atoms with Crippen LogP contribution in [-0.4, -0.2) is 28.5 Å². The quantitative estimate of drug-likeness (QED) is 0.843. The van der Waals surface area contributed by atoms with Gasteiger partial charge in [-0.05, 0) is 57.4 Å². The lowest BCUT2D eigenvalue weighted by Crippen LogP contribution is -2.58. The van der Waals surface area contributed by atoms with Crippen LogP contribution in [-0.2, 0) is 11.2 Å². The minimum Gasteiger partial charge on any atom is -0.480 e. The first-order valence-electron chi connectivity index (χ1n) is 8.81. The molecule has 136 valence electrons. The van der Waals surface area contributed by atoms with Gasteiger partial charge >= 0.3 is 0 Å². The Hall–Kier alpha value is -2.82. The molecule has 2 amide bonds. The van der Waals surface area contributed by atoms with Crippen molar-refractivity contribution in [1.29, 1.82) is 0 Å². The highest BCUT2D eigenvalue weighted by Crippen LogP contribution is 2.27.